The van der Waals surface area contributed by atoms with Crippen molar-refractivity contribution in [3.63, 3.8) is 0 Å². The maximum absolute atomic E-state index is 14.9. The zero-order valence-corrected chi connectivity index (χ0v) is 21.7. The summed E-state index contributed by atoms with van der Waals surface area (Å²) in [4.78, 5) is 14.8. The molecule has 1 amide bonds. The summed E-state index contributed by atoms with van der Waals surface area (Å²) in [6, 6.07) is 27.9. The Bertz CT molecular complexity index is 1370. The van der Waals surface area contributed by atoms with Gasteiger partial charge in [-0.2, -0.15) is 13.2 Å². The third kappa shape index (κ3) is 7.05. The summed E-state index contributed by atoms with van der Waals surface area (Å²) in [5, 5.41) is 0. The number of alkyl halides is 3. The summed E-state index contributed by atoms with van der Waals surface area (Å²) in [5.41, 5.74) is 1.89. The number of carbonyl (C=O) groups excluding carboxylic acids is 1. The quantitative estimate of drug-likeness (QED) is 0.202. The van der Waals surface area contributed by atoms with Gasteiger partial charge in [0.25, 0.3) is 0 Å². The molecule has 0 spiro atoms. The van der Waals surface area contributed by atoms with Crippen molar-refractivity contribution >= 4 is 5.91 Å². The molecule has 4 rings (SSSR count). The first kappa shape index (κ1) is 27.9. The molecule has 7 heteroatoms. The third-order valence-electron chi connectivity index (χ3n) is 6.68. The first-order valence-corrected chi connectivity index (χ1v) is 12.6. The van der Waals surface area contributed by atoms with Crippen molar-refractivity contribution in [1.29, 1.82) is 0 Å². The van der Waals surface area contributed by atoms with Crippen LogP contribution in [0.25, 0.3) is 11.1 Å². The van der Waals surface area contributed by atoms with Crippen LogP contribution in [0.3, 0.4) is 0 Å². The van der Waals surface area contributed by atoms with Gasteiger partial charge in [-0.05, 0) is 53.9 Å². The average molecular weight is 536 g/mol. The SMILES string of the molecule is C[C@@H](C(=O)N(C)CC[C@H](Oc1ccc(C(F)(F)F)cc1)c1ccccc1)c1ccc(-c2ccccc2)c(F)c1. The smallest absolute Gasteiger partial charge is 0.416 e. The second kappa shape index (κ2) is 12.2. The summed E-state index contributed by atoms with van der Waals surface area (Å²) < 4.78 is 59.8. The summed E-state index contributed by atoms with van der Waals surface area (Å²) in [6.07, 6.45) is -4.51. The molecule has 0 saturated carbocycles. The number of carbonyl (C=O) groups is 1. The number of halogens is 4. The Labute approximate surface area is 225 Å². The maximum atomic E-state index is 14.9. The molecule has 2 atom stereocenters. The Morgan fingerprint density at radius 3 is 2.05 bits per heavy atom. The Hall–Kier alpha value is -4.13. The highest BCUT2D eigenvalue weighted by Crippen LogP contribution is 2.32. The van der Waals surface area contributed by atoms with Crippen molar-refractivity contribution in [1.82, 2.24) is 4.90 Å². The topological polar surface area (TPSA) is 29.5 Å². The van der Waals surface area contributed by atoms with Gasteiger partial charge in [0.05, 0.1) is 11.5 Å². The lowest BCUT2D eigenvalue weighted by Crippen LogP contribution is -2.32. The van der Waals surface area contributed by atoms with Crippen molar-refractivity contribution in [2.45, 2.75) is 31.5 Å². The molecule has 0 saturated heterocycles. The molecule has 3 nitrogen and oxygen atoms in total. The van der Waals surface area contributed by atoms with Gasteiger partial charge in [-0.3, -0.25) is 4.79 Å². The molecule has 0 unspecified atom stereocenters. The van der Waals surface area contributed by atoms with Gasteiger partial charge in [-0.25, -0.2) is 4.39 Å². The average Bonchev–Trinajstić information content (AvgIpc) is 2.95. The Kier molecular flexibility index (Phi) is 8.69. The molecule has 39 heavy (non-hydrogen) atoms. The highest BCUT2D eigenvalue weighted by atomic mass is 19.4. The van der Waals surface area contributed by atoms with Crippen LogP contribution < -0.4 is 4.74 Å². The summed E-state index contributed by atoms with van der Waals surface area (Å²) in [5.74, 6) is -0.841. The van der Waals surface area contributed by atoms with E-state index in [0.29, 0.717) is 29.8 Å². The largest absolute Gasteiger partial charge is 0.486 e. The van der Waals surface area contributed by atoms with Crippen LogP contribution in [-0.2, 0) is 11.0 Å². The zero-order valence-electron chi connectivity index (χ0n) is 21.7. The molecule has 0 heterocycles. The normalized spacial score (nSPS) is 13.0. The molecule has 4 aromatic carbocycles. The monoisotopic (exact) mass is 535 g/mol. The van der Waals surface area contributed by atoms with Crippen LogP contribution in [0, 0.1) is 5.82 Å². The van der Waals surface area contributed by atoms with E-state index in [9.17, 15) is 22.4 Å². The fourth-order valence-electron chi connectivity index (χ4n) is 4.39. The van der Waals surface area contributed by atoms with Crippen molar-refractivity contribution in [2.24, 2.45) is 0 Å². The van der Waals surface area contributed by atoms with Gasteiger partial charge in [0.2, 0.25) is 5.91 Å². The molecule has 0 aromatic heterocycles. The molecule has 0 aliphatic carbocycles. The first-order valence-electron chi connectivity index (χ1n) is 12.6. The minimum Gasteiger partial charge on any atom is -0.486 e. The number of likely N-dealkylation sites (N-methyl/N-ethyl adjacent to an activating group) is 1. The van der Waals surface area contributed by atoms with E-state index in [-0.39, 0.29) is 5.91 Å². The molecule has 0 fully saturated rings. The fraction of sp³-hybridized carbons (Fsp3) is 0.219. The Morgan fingerprint density at radius 1 is 0.846 bits per heavy atom. The molecular weight excluding hydrogens is 506 g/mol. The van der Waals surface area contributed by atoms with Crippen LogP contribution in [0.1, 0.15) is 42.1 Å². The lowest BCUT2D eigenvalue weighted by atomic mass is 9.96. The molecule has 0 aliphatic rings. The van der Waals surface area contributed by atoms with Gasteiger partial charge in [-0.1, -0.05) is 72.8 Å². The zero-order chi connectivity index (χ0) is 28.0. The lowest BCUT2D eigenvalue weighted by Gasteiger charge is -2.25. The number of rotatable bonds is 9. The van der Waals surface area contributed by atoms with Crippen LogP contribution in [0.4, 0.5) is 17.6 Å². The summed E-state index contributed by atoms with van der Waals surface area (Å²) in [6.45, 7) is 2.07. The van der Waals surface area contributed by atoms with Gasteiger partial charge in [0, 0.05) is 25.6 Å². The van der Waals surface area contributed by atoms with Gasteiger partial charge < -0.3 is 9.64 Å². The van der Waals surface area contributed by atoms with Crippen LogP contribution in [0.5, 0.6) is 5.75 Å². The minimum atomic E-state index is -4.43. The highest BCUT2D eigenvalue weighted by Gasteiger charge is 2.30. The molecule has 0 aliphatic heterocycles. The number of hydrogen-bond donors (Lipinski definition) is 0. The molecule has 0 bridgehead atoms. The number of amides is 1. The van der Waals surface area contributed by atoms with Gasteiger partial charge in [0.15, 0.2) is 0 Å². The number of ether oxygens (including phenoxy) is 1. The maximum Gasteiger partial charge on any atom is 0.416 e. The van der Waals surface area contributed by atoms with E-state index < -0.39 is 29.6 Å². The van der Waals surface area contributed by atoms with Crippen LogP contribution in [0.2, 0.25) is 0 Å². The molecule has 4 aromatic rings. The van der Waals surface area contributed by atoms with E-state index >= 15 is 0 Å². The van der Waals surface area contributed by atoms with Crippen LogP contribution in [-0.4, -0.2) is 24.4 Å². The lowest BCUT2D eigenvalue weighted by molar-refractivity contribution is -0.137. The van der Waals surface area contributed by atoms with Crippen molar-refractivity contribution < 1.29 is 27.1 Å². The predicted molar refractivity (Wildman–Crippen MR) is 144 cm³/mol. The van der Waals surface area contributed by atoms with Gasteiger partial charge in [-0.15, -0.1) is 0 Å². The van der Waals surface area contributed by atoms with E-state index in [2.05, 4.69) is 0 Å². The van der Waals surface area contributed by atoms with Crippen molar-refractivity contribution in [3.8, 4) is 16.9 Å². The minimum absolute atomic E-state index is 0.178. The Morgan fingerprint density at radius 2 is 1.46 bits per heavy atom. The van der Waals surface area contributed by atoms with E-state index in [1.807, 2.05) is 60.7 Å². The number of benzene rings is 4. The van der Waals surface area contributed by atoms with E-state index in [1.54, 1.807) is 31.0 Å². The molecule has 0 N–H and O–H groups in total. The van der Waals surface area contributed by atoms with Crippen LogP contribution >= 0.6 is 0 Å². The van der Waals surface area contributed by atoms with E-state index in [4.69, 9.17) is 4.74 Å². The third-order valence-corrected chi connectivity index (χ3v) is 6.68. The fourth-order valence-corrected chi connectivity index (χ4v) is 4.39. The second-order valence-electron chi connectivity index (χ2n) is 9.41. The molecular formula is C32H29F4NO2. The second-order valence-corrected chi connectivity index (χ2v) is 9.41. The number of nitrogens with zero attached hydrogens (tertiary/aromatic N) is 1. The summed E-state index contributed by atoms with van der Waals surface area (Å²) in [7, 11) is 1.67. The van der Waals surface area contributed by atoms with Crippen molar-refractivity contribution in [3.05, 3.63) is 126 Å². The van der Waals surface area contributed by atoms with Crippen molar-refractivity contribution in [2.75, 3.05) is 13.6 Å². The van der Waals surface area contributed by atoms with Crippen LogP contribution in [0.15, 0.2) is 103 Å². The molecule has 0 radical (unpaired) electrons. The number of hydrogen-bond acceptors (Lipinski definition) is 2. The summed E-state index contributed by atoms with van der Waals surface area (Å²) >= 11 is 0. The highest BCUT2D eigenvalue weighted by molar-refractivity contribution is 5.83. The van der Waals surface area contributed by atoms with Gasteiger partial charge in [0.1, 0.15) is 17.7 Å². The van der Waals surface area contributed by atoms with E-state index in [0.717, 1.165) is 23.3 Å². The van der Waals surface area contributed by atoms with E-state index in [1.165, 1.54) is 18.2 Å². The molecule has 202 valence electrons. The standard InChI is InChI=1S/C32H29F4NO2/c1-22(25-13-18-28(29(33)21-25)23-9-5-3-6-10-23)31(38)37(2)20-19-30(24-11-7-4-8-12-24)39-27-16-14-26(15-17-27)32(34,35)36/h3-18,21-22,30H,19-20H2,1-2H3/t22-,30+/m1/s1. The first-order chi connectivity index (χ1) is 18.6. The Balaban J connectivity index is 1.44. The van der Waals surface area contributed by atoms with Gasteiger partial charge >= 0.3 is 6.18 Å². The predicted octanol–water partition coefficient (Wildman–Crippen LogP) is 8.28.